The van der Waals surface area contributed by atoms with Gasteiger partial charge in [-0.25, -0.2) is 4.98 Å². The molecule has 23 heavy (non-hydrogen) atoms. The van der Waals surface area contributed by atoms with Crippen molar-refractivity contribution in [3.8, 4) is 22.2 Å². The highest BCUT2D eigenvalue weighted by atomic mass is 32.1. The van der Waals surface area contributed by atoms with E-state index in [4.69, 9.17) is 10.3 Å². The molecule has 0 amide bonds. The summed E-state index contributed by atoms with van der Waals surface area (Å²) in [7, 11) is 0. The lowest BCUT2D eigenvalue weighted by atomic mass is 9.99. The van der Waals surface area contributed by atoms with Crippen molar-refractivity contribution in [2.45, 2.75) is 38.1 Å². The molecule has 1 fully saturated rings. The van der Waals surface area contributed by atoms with Gasteiger partial charge in [-0.05, 0) is 19.8 Å². The van der Waals surface area contributed by atoms with Crippen molar-refractivity contribution in [1.82, 2.24) is 15.1 Å². The molecule has 4 rings (SSSR count). The normalized spacial score (nSPS) is 16.8. The van der Waals surface area contributed by atoms with E-state index < -0.39 is 5.54 Å². The van der Waals surface area contributed by atoms with Gasteiger partial charge < -0.3 is 10.3 Å². The first-order valence-electron chi connectivity index (χ1n) is 7.80. The number of nitrogens with two attached hydrogens (primary N) is 1. The summed E-state index contributed by atoms with van der Waals surface area (Å²) in [4.78, 5) is 9.12. The van der Waals surface area contributed by atoms with Gasteiger partial charge in [0.2, 0.25) is 0 Å². The highest BCUT2D eigenvalue weighted by Gasteiger charge is 2.36. The summed E-state index contributed by atoms with van der Waals surface area (Å²) in [6, 6.07) is 8.31. The van der Waals surface area contributed by atoms with Crippen molar-refractivity contribution in [3.05, 3.63) is 41.0 Å². The molecule has 118 valence electrons. The number of aromatic nitrogens is 3. The predicted octanol–water partition coefficient (Wildman–Crippen LogP) is 3.90. The Hall–Kier alpha value is -2.05. The number of thiazole rings is 1. The maximum atomic E-state index is 6.38. The van der Waals surface area contributed by atoms with Crippen LogP contribution in [0.1, 0.15) is 37.1 Å². The van der Waals surface area contributed by atoms with Gasteiger partial charge in [0.15, 0.2) is 5.82 Å². The highest BCUT2D eigenvalue weighted by molar-refractivity contribution is 7.13. The van der Waals surface area contributed by atoms with Crippen molar-refractivity contribution in [1.29, 1.82) is 0 Å². The molecule has 1 aromatic carbocycles. The zero-order chi connectivity index (χ0) is 15.9. The summed E-state index contributed by atoms with van der Waals surface area (Å²) >= 11 is 1.57. The second-order valence-electron chi connectivity index (χ2n) is 6.19. The molecule has 0 bridgehead atoms. The molecule has 0 aliphatic heterocycles. The average Bonchev–Trinajstić information content (AvgIpc) is 3.28. The van der Waals surface area contributed by atoms with E-state index in [2.05, 4.69) is 46.3 Å². The molecule has 0 spiro atoms. The van der Waals surface area contributed by atoms with Crippen LogP contribution in [0.5, 0.6) is 0 Å². The number of benzene rings is 1. The Morgan fingerprint density at radius 2 is 1.87 bits per heavy atom. The Morgan fingerprint density at radius 3 is 2.61 bits per heavy atom. The van der Waals surface area contributed by atoms with E-state index >= 15 is 0 Å². The van der Waals surface area contributed by atoms with E-state index in [1.165, 1.54) is 5.56 Å². The molecule has 1 aliphatic rings. The second kappa shape index (κ2) is 5.54. The van der Waals surface area contributed by atoms with Crippen molar-refractivity contribution >= 4 is 11.3 Å². The van der Waals surface area contributed by atoms with Gasteiger partial charge in [-0.1, -0.05) is 47.8 Å². The first-order chi connectivity index (χ1) is 11.1. The summed E-state index contributed by atoms with van der Waals surface area (Å²) < 4.78 is 5.40. The van der Waals surface area contributed by atoms with Crippen LogP contribution in [0, 0.1) is 6.92 Å². The number of aryl methyl sites for hydroxylation is 1. The molecule has 1 saturated carbocycles. The topological polar surface area (TPSA) is 77.8 Å². The Bertz CT molecular complexity index is 815. The van der Waals surface area contributed by atoms with Gasteiger partial charge in [0, 0.05) is 10.9 Å². The van der Waals surface area contributed by atoms with E-state index in [0.29, 0.717) is 17.4 Å². The Labute approximate surface area is 138 Å². The molecule has 1 aliphatic carbocycles. The Kier molecular flexibility index (Phi) is 3.50. The summed E-state index contributed by atoms with van der Waals surface area (Å²) in [5.41, 5.74) is 8.99. The van der Waals surface area contributed by atoms with Crippen molar-refractivity contribution in [3.63, 3.8) is 0 Å². The zero-order valence-electron chi connectivity index (χ0n) is 13.0. The lowest BCUT2D eigenvalue weighted by Crippen LogP contribution is -2.34. The Morgan fingerprint density at radius 1 is 1.13 bits per heavy atom. The maximum absolute atomic E-state index is 6.38. The van der Waals surface area contributed by atoms with Gasteiger partial charge in [-0.3, -0.25) is 0 Å². The summed E-state index contributed by atoms with van der Waals surface area (Å²) in [6.07, 6.45) is 4.07. The lowest BCUT2D eigenvalue weighted by molar-refractivity contribution is 0.372. The van der Waals surface area contributed by atoms with Crippen molar-refractivity contribution < 1.29 is 4.52 Å². The molecule has 2 aromatic heterocycles. The molecule has 0 unspecified atom stereocenters. The quantitative estimate of drug-likeness (QED) is 0.790. The summed E-state index contributed by atoms with van der Waals surface area (Å²) in [5.74, 6) is 1.06. The van der Waals surface area contributed by atoms with Crippen LogP contribution >= 0.6 is 11.3 Å². The molecule has 3 aromatic rings. The van der Waals surface area contributed by atoms with Crippen LogP contribution in [0.15, 0.2) is 34.2 Å². The third-order valence-electron chi connectivity index (χ3n) is 4.39. The van der Waals surface area contributed by atoms with Crippen molar-refractivity contribution in [2.24, 2.45) is 5.73 Å². The SMILES string of the molecule is Cc1ccc(-c2nc(-c3nc(C4(N)CCCC4)no3)cs2)cc1. The predicted molar refractivity (Wildman–Crippen MR) is 89.9 cm³/mol. The molecule has 2 heterocycles. The average molecular weight is 326 g/mol. The van der Waals surface area contributed by atoms with Crippen LogP contribution in [0.25, 0.3) is 22.2 Å². The molecular formula is C17H18N4OS. The van der Waals surface area contributed by atoms with Gasteiger partial charge in [0.1, 0.15) is 10.7 Å². The minimum atomic E-state index is -0.433. The third-order valence-corrected chi connectivity index (χ3v) is 5.28. The standard InChI is InChI=1S/C17H18N4OS/c1-11-4-6-12(7-5-11)15-19-13(10-23-15)14-20-16(21-22-14)17(18)8-2-3-9-17/h4-7,10H,2-3,8-9,18H2,1H3. The fraction of sp³-hybridized carbons (Fsp3) is 0.353. The molecule has 0 saturated heterocycles. The molecular weight excluding hydrogens is 308 g/mol. The summed E-state index contributed by atoms with van der Waals surface area (Å²) in [5, 5.41) is 6.99. The molecule has 0 radical (unpaired) electrons. The first-order valence-corrected chi connectivity index (χ1v) is 8.68. The number of nitrogens with zero attached hydrogens (tertiary/aromatic N) is 3. The lowest BCUT2D eigenvalue weighted by Gasteiger charge is -2.17. The summed E-state index contributed by atoms with van der Waals surface area (Å²) in [6.45, 7) is 2.07. The van der Waals surface area contributed by atoms with E-state index in [-0.39, 0.29) is 0 Å². The van der Waals surface area contributed by atoms with Crippen LogP contribution in [0.4, 0.5) is 0 Å². The van der Waals surface area contributed by atoms with E-state index in [9.17, 15) is 0 Å². The minimum Gasteiger partial charge on any atom is -0.332 e. The van der Waals surface area contributed by atoms with E-state index in [0.717, 1.165) is 36.3 Å². The van der Waals surface area contributed by atoms with Crippen LogP contribution in [-0.2, 0) is 5.54 Å². The number of hydrogen-bond donors (Lipinski definition) is 1. The largest absolute Gasteiger partial charge is 0.332 e. The third kappa shape index (κ3) is 2.68. The fourth-order valence-corrected chi connectivity index (χ4v) is 3.76. The van der Waals surface area contributed by atoms with Gasteiger partial charge in [-0.2, -0.15) is 4.98 Å². The zero-order valence-corrected chi connectivity index (χ0v) is 13.8. The Balaban J connectivity index is 1.62. The van der Waals surface area contributed by atoms with Crippen LogP contribution in [0.2, 0.25) is 0 Å². The van der Waals surface area contributed by atoms with E-state index in [1.807, 2.05) is 5.38 Å². The smallest absolute Gasteiger partial charge is 0.277 e. The monoisotopic (exact) mass is 326 g/mol. The van der Waals surface area contributed by atoms with Gasteiger partial charge in [0.05, 0.1) is 5.54 Å². The van der Waals surface area contributed by atoms with Gasteiger partial charge in [0.25, 0.3) is 5.89 Å². The van der Waals surface area contributed by atoms with Crippen molar-refractivity contribution in [2.75, 3.05) is 0 Å². The molecule has 5 nitrogen and oxygen atoms in total. The fourth-order valence-electron chi connectivity index (χ4n) is 2.96. The number of hydrogen-bond acceptors (Lipinski definition) is 6. The maximum Gasteiger partial charge on any atom is 0.277 e. The molecule has 6 heteroatoms. The first kappa shape index (κ1) is 14.5. The second-order valence-corrected chi connectivity index (χ2v) is 7.05. The number of rotatable bonds is 3. The van der Waals surface area contributed by atoms with E-state index in [1.54, 1.807) is 11.3 Å². The highest BCUT2D eigenvalue weighted by Crippen LogP contribution is 2.36. The molecule has 2 N–H and O–H groups in total. The minimum absolute atomic E-state index is 0.433. The molecule has 0 atom stereocenters. The van der Waals surface area contributed by atoms with Crippen LogP contribution in [0.3, 0.4) is 0 Å². The van der Waals surface area contributed by atoms with Gasteiger partial charge >= 0.3 is 0 Å². The van der Waals surface area contributed by atoms with Crippen LogP contribution in [-0.4, -0.2) is 15.1 Å². The van der Waals surface area contributed by atoms with Gasteiger partial charge in [-0.15, -0.1) is 11.3 Å². The van der Waals surface area contributed by atoms with Crippen LogP contribution < -0.4 is 5.73 Å².